The lowest BCUT2D eigenvalue weighted by atomic mass is 9.83. The van der Waals surface area contributed by atoms with Gasteiger partial charge in [-0.2, -0.15) is 5.10 Å². The van der Waals surface area contributed by atoms with Gasteiger partial charge in [0.25, 0.3) is 0 Å². The van der Waals surface area contributed by atoms with Crippen LogP contribution in [-0.4, -0.2) is 32.0 Å². The number of rotatable bonds is 5. The Labute approximate surface area is 157 Å². The number of hydrogen-bond donors (Lipinski definition) is 1. The molecule has 0 spiro atoms. The molecule has 2 heterocycles. The molecule has 1 unspecified atom stereocenters. The number of nitrogens with zero attached hydrogens (tertiary/aromatic N) is 4. The Hall–Kier alpha value is -3.25. The molecule has 0 fully saturated rings. The highest BCUT2D eigenvalue weighted by atomic mass is 16.5. The summed E-state index contributed by atoms with van der Waals surface area (Å²) in [5.41, 5.74) is 1.62. The summed E-state index contributed by atoms with van der Waals surface area (Å²) in [6.07, 6.45) is 3.55. The Bertz CT molecular complexity index is 1060. The van der Waals surface area contributed by atoms with Crippen LogP contribution in [0.1, 0.15) is 16.8 Å². The molecule has 0 aliphatic heterocycles. The molecule has 0 saturated heterocycles. The maximum absolute atomic E-state index is 11.9. The van der Waals surface area contributed by atoms with Crippen molar-refractivity contribution in [2.24, 2.45) is 7.05 Å². The van der Waals surface area contributed by atoms with Crippen LogP contribution in [-0.2, 0) is 19.1 Å². The van der Waals surface area contributed by atoms with Gasteiger partial charge in [0.05, 0.1) is 24.4 Å². The number of fused-ring (bicyclic) bond motifs is 1. The molecule has 6 nitrogen and oxygen atoms in total. The number of ether oxygens (including phenoxy) is 1. The summed E-state index contributed by atoms with van der Waals surface area (Å²) in [6.45, 7) is 0. The lowest BCUT2D eigenvalue weighted by Crippen LogP contribution is -2.31. The first-order valence-corrected chi connectivity index (χ1v) is 8.66. The van der Waals surface area contributed by atoms with Gasteiger partial charge in [0.1, 0.15) is 17.7 Å². The number of aromatic nitrogens is 4. The smallest absolute Gasteiger partial charge is 0.161 e. The molecule has 4 aromatic rings. The second-order valence-corrected chi connectivity index (χ2v) is 6.48. The van der Waals surface area contributed by atoms with E-state index in [-0.39, 0.29) is 0 Å². The third-order valence-electron chi connectivity index (χ3n) is 4.79. The topological polar surface area (TPSA) is 73.1 Å². The van der Waals surface area contributed by atoms with E-state index in [1.807, 2.05) is 61.6 Å². The fourth-order valence-corrected chi connectivity index (χ4v) is 3.37. The monoisotopic (exact) mass is 360 g/mol. The average Bonchev–Trinajstić information content (AvgIpc) is 3.10. The first kappa shape index (κ1) is 17.2. The summed E-state index contributed by atoms with van der Waals surface area (Å²) >= 11 is 0. The van der Waals surface area contributed by atoms with Gasteiger partial charge in [-0.1, -0.05) is 42.5 Å². The first-order chi connectivity index (χ1) is 13.1. The van der Waals surface area contributed by atoms with Gasteiger partial charge in [-0.05, 0) is 23.3 Å². The summed E-state index contributed by atoms with van der Waals surface area (Å²) in [6, 6.07) is 17.3. The van der Waals surface area contributed by atoms with Crippen LogP contribution >= 0.6 is 0 Å². The number of methoxy groups -OCH3 is 1. The van der Waals surface area contributed by atoms with Gasteiger partial charge in [0.15, 0.2) is 5.65 Å². The highest BCUT2D eigenvalue weighted by Gasteiger charge is 2.36. The molecule has 4 rings (SSSR count). The van der Waals surface area contributed by atoms with Gasteiger partial charge in [-0.3, -0.25) is 4.68 Å². The van der Waals surface area contributed by atoms with Gasteiger partial charge in [-0.25, -0.2) is 9.97 Å². The third kappa shape index (κ3) is 3.04. The molecule has 6 heteroatoms. The van der Waals surface area contributed by atoms with Crippen molar-refractivity contribution in [1.82, 2.24) is 19.7 Å². The number of aryl methyl sites for hydroxylation is 1. The average molecular weight is 360 g/mol. The third-order valence-corrected chi connectivity index (χ3v) is 4.79. The van der Waals surface area contributed by atoms with Crippen molar-refractivity contribution in [2.45, 2.75) is 12.0 Å². The van der Waals surface area contributed by atoms with Crippen LogP contribution in [0.3, 0.4) is 0 Å². The van der Waals surface area contributed by atoms with Crippen LogP contribution in [0.4, 0.5) is 0 Å². The lowest BCUT2D eigenvalue weighted by Gasteiger charge is -2.29. The van der Waals surface area contributed by atoms with Gasteiger partial charge in [-0.15, -0.1) is 0 Å². The van der Waals surface area contributed by atoms with Gasteiger partial charge < -0.3 is 9.84 Å². The second-order valence-electron chi connectivity index (χ2n) is 6.48. The molecule has 136 valence electrons. The van der Waals surface area contributed by atoms with E-state index in [2.05, 4.69) is 15.1 Å². The SMILES string of the molecule is COc1ccc(C(O)(Cc2ccccc2)c2ncnc3c2cnn3C)cc1. The molecule has 2 aromatic carbocycles. The second kappa shape index (κ2) is 6.81. The maximum atomic E-state index is 11.9. The minimum atomic E-state index is -1.34. The molecule has 27 heavy (non-hydrogen) atoms. The molecular weight excluding hydrogens is 340 g/mol. The van der Waals surface area contributed by atoms with Crippen LogP contribution in [0.5, 0.6) is 5.75 Å². The predicted octanol–water partition coefficient (Wildman–Crippen LogP) is 2.85. The number of hydrogen-bond acceptors (Lipinski definition) is 5. The normalized spacial score (nSPS) is 13.4. The zero-order valence-electron chi connectivity index (χ0n) is 15.2. The van der Waals surface area contributed by atoms with Crippen molar-refractivity contribution >= 4 is 11.0 Å². The quantitative estimate of drug-likeness (QED) is 0.592. The van der Waals surface area contributed by atoms with E-state index in [1.54, 1.807) is 18.0 Å². The molecule has 0 bridgehead atoms. The lowest BCUT2D eigenvalue weighted by molar-refractivity contribution is 0.0780. The standard InChI is InChI=1S/C21H20N4O2/c1-25-20-18(13-24-25)19(22-14-23-20)21(26,12-15-6-4-3-5-7-15)16-8-10-17(27-2)11-9-16/h3-11,13-14,26H,12H2,1-2H3. The summed E-state index contributed by atoms with van der Waals surface area (Å²) in [7, 11) is 3.44. The van der Waals surface area contributed by atoms with Gasteiger partial charge >= 0.3 is 0 Å². The Morgan fingerprint density at radius 3 is 2.48 bits per heavy atom. The van der Waals surface area contributed by atoms with Crippen molar-refractivity contribution in [3.8, 4) is 5.75 Å². The first-order valence-electron chi connectivity index (χ1n) is 8.66. The van der Waals surface area contributed by atoms with E-state index in [9.17, 15) is 5.11 Å². The van der Waals surface area contributed by atoms with E-state index >= 15 is 0 Å². The number of aliphatic hydroxyl groups is 1. The van der Waals surface area contributed by atoms with Gasteiger partial charge in [0.2, 0.25) is 0 Å². The van der Waals surface area contributed by atoms with Crippen LogP contribution < -0.4 is 4.74 Å². The van der Waals surface area contributed by atoms with Crippen LogP contribution in [0, 0.1) is 0 Å². The zero-order valence-corrected chi connectivity index (χ0v) is 15.2. The van der Waals surface area contributed by atoms with E-state index < -0.39 is 5.60 Å². The Kier molecular flexibility index (Phi) is 4.33. The molecule has 0 aliphatic carbocycles. The summed E-state index contributed by atoms with van der Waals surface area (Å²) in [5, 5.41) is 16.9. The Morgan fingerprint density at radius 1 is 1.04 bits per heavy atom. The van der Waals surface area contributed by atoms with Crippen molar-refractivity contribution in [3.63, 3.8) is 0 Å². The minimum absolute atomic E-state index is 0.376. The molecule has 1 N–H and O–H groups in total. The molecular formula is C21H20N4O2. The Morgan fingerprint density at radius 2 is 1.78 bits per heavy atom. The van der Waals surface area contributed by atoms with E-state index in [1.165, 1.54) is 6.33 Å². The molecule has 0 radical (unpaired) electrons. The fraction of sp³-hybridized carbons (Fsp3) is 0.190. The highest BCUT2D eigenvalue weighted by molar-refractivity contribution is 5.78. The zero-order chi connectivity index (χ0) is 18.9. The minimum Gasteiger partial charge on any atom is -0.497 e. The van der Waals surface area contributed by atoms with E-state index in [0.717, 1.165) is 22.3 Å². The summed E-state index contributed by atoms with van der Waals surface area (Å²) in [5.74, 6) is 0.732. The van der Waals surface area contributed by atoms with Crippen LogP contribution in [0.2, 0.25) is 0 Å². The largest absolute Gasteiger partial charge is 0.497 e. The van der Waals surface area contributed by atoms with Crippen molar-refractivity contribution < 1.29 is 9.84 Å². The van der Waals surface area contributed by atoms with Crippen LogP contribution in [0.25, 0.3) is 11.0 Å². The fourth-order valence-electron chi connectivity index (χ4n) is 3.37. The summed E-state index contributed by atoms with van der Waals surface area (Å²) in [4.78, 5) is 8.76. The van der Waals surface area contributed by atoms with E-state index in [4.69, 9.17) is 4.74 Å². The van der Waals surface area contributed by atoms with Crippen LogP contribution in [0.15, 0.2) is 67.1 Å². The molecule has 1 atom stereocenters. The highest BCUT2D eigenvalue weighted by Crippen LogP contribution is 2.36. The van der Waals surface area contributed by atoms with Crippen molar-refractivity contribution in [2.75, 3.05) is 7.11 Å². The molecule has 0 saturated carbocycles. The van der Waals surface area contributed by atoms with Gasteiger partial charge in [0, 0.05) is 13.5 Å². The van der Waals surface area contributed by atoms with E-state index in [0.29, 0.717) is 17.8 Å². The predicted molar refractivity (Wildman–Crippen MR) is 102 cm³/mol. The molecule has 0 amide bonds. The number of benzene rings is 2. The maximum Gasteiger partial charge on any atom is 0.161 e. The molecule has 2 aromatic heterocycles. The van der Waals surface area contributed by atoms with Crippen molar-refractivity contribution in [3.05, 3.63) is 83.9 Å². The van der Waals surface area contributed by atoms with Crippen molar-refractivity contribution in [1.29, 1.82) is 0 Å². The molecule has 0 aliphatic rings. The Balaban J connectivity index is 1.91. The summed E-state index contributed by atoms with van der Waals surface area (Å²) < 4.78 is 6.94.